The summed E-state index contributed by atoms with van der Waals surface area (Å²) in [6.45, 7) is -0.402. The number of rotatable bonds is 4. The summed E-state index contributed by atoms with van der Waals surface area (Å²) in [5, 5.41) is 0. The van der Waals surface area contributed by atoms with Gasteiger partial charge in [0.2, 0.25) is 0 Å². The normalized spacial score (nSPS) is 10.9. The largest absolute Gasteiger partial charge is 0.455 e. The number of carbonyl (C=O) groups is 2. The molecule has 0 saturated heterocycles. The molecule has 0 aliphatic rings. The van der Waals surface area contributed by atoms with Gasteiger partial charge in [-0.2, -0.15) is 10.7 Å². The van der Waals surface area contributed by atoms with Crippen LogP contribution in [0.5, 0.6) is 0 Å². The number of hydrogen-bond acceptors (Lipinski definition) is 6. The molecular formula is C5H8N4O4. The maximum atomic E-state index is 10.5. The van der Waals surface area contributed by atoms with E-state index < -0.39 is 24.6 Å². The highest BCUT2D eigenvalue weighted by molar-refractivity contribution is 6.20. The van der Waals surface area contributed by atoms with Gasteiger partial charge >= 0.3 is 18.2 Å². The van der Waals surface area contributed by atoms with E-state index in [1.165, 1.54) is 0 Å². The molecular weight excluding hydrogens is 180 g/mol. The van der Waals surface area contributed by atoms with Crippen molar-refractivity contribution in [3.63, 3.8) is 0 Å². The zero-order valence-electron chi connectivity index (χ0n) is 6.54. The third kappa shape index (κ3) is 4.64. The van der Waals surface area contributed by atoms with Crippen molar-refractivity contribution in [3.05, 3.63) is 5.53 Å². The Hall–Kier alpha value is -1.76. The Balaban J connectivity index is 3.82. The van der Waals surface area contributed by atoms with Crippen molar-refractivity contribution in [2.24, 2.45) is 11.6 Å². The van der Waals surface area contributed by atoms with Crippen LogP contribution in [-0.2, 0) is 19.2 Å². The molecule has 1 atom stereocenters. The number of ether oxygens (including phenoxy) is 1. The van der Waals surface area contributed by atoms with E-state index in [1.807, 2.05) is 0 Å². The third-order valence-corrected chi connectivity index (χ3v) is 0.987. The highest BCUT2D eigenvalue weighted by atomic mass is 16.7. The zero-order chi connectivity index (χ0) is 10.3. The fourth-order valence-electron chi connectivity index (χ4n) is 0.412. The predicted octanol–water partition coefficient (Wildman–Crippen LogP) is -2.43. The van der Waals surface area contributed by atoms with Gasteiger partial charge in [0.15, 0.2) is 0 Å². The minimum atomic E-state index is -1.15. The molecule has 0 amide bonds. The highest BCUT2D eigenvalue weighted by Crippen LogP contribution is 1.84. The molecule has 0 rings (SSSR count). The van der Waals surface area contributed by atoms with Crippen molar-refractivity contribution >= 4 is 18.2 Å². The van der Waals surface area contributed by atoms with Crippen LogP contribution in [0.1, 0.15) is 0 Å². The lowest BCUT2D eigenvalue weighted by Gasteiger charge is -2.06. The van der Waals surface area contributed by atoms with Crippen LogP contribution >= 0.6 is 0 Å². The topological polar surface area (TPSA) is 141 Å². The molecule has 0 saturated carbocycles. The Morgan fingerprint density at radius 2 is 2.23 bits per heavy atom. The molecule has 0 unspecified atom stereocenters. The van der Waals surface area contributed by atoms with Gasteiger partial charge in [0, 0.05) is 0 Å². The second-order valence-electron chi connectivity index (χ2n) is 1.92. The van der Waals surface area contributed by atoms with E-state index in [9.17, 15) is 9.59 Å². The summed E-state index contributed by atoms with van der Waals surface area (Å²) < 4.78 is 4.34. The number of nitrogens with two attached hydrogens (primary N) is 2. The van der Waals surface area contributed by atoms with E-state index in [-0.39, 0.29) is 0 Å². The van der Waals surface area contributed by atoms with Crippen molar-refractivity contribution in [1.82, 2.24) is 0 Å². The molecule has 0 aromatic carbocycles. The van der Waals surface area contributed by atoms with Gasteiger partial charge in [0.25, 0.3) is 0 Å². The SMILES string of the molecule is [N-]=[N+]=CC(=O)OC[C@H](N)C(=O)ON. The highest BCUT2D eigenvalue weighted by Gasteiger charge is 2.16. The molecule has 0 fully saturated rings. The summed E-state index contributed by atoms with van der Waals surface area (Å²) >= 11 is 0. The lowest BCUT2D eigenvalue weighted by molar-refractivity contribution is -0.149. The second-order valence-corrected chi connectivity index (χ2v) is 1.92. The summed E-state index contributed by atoms with van der Waals surface area (Å²) in [7, 11) is 0. The Bertz CT molecular complexity index is 247. The summed E-state index contributed by atoms with van der Waals surface area (Å²) in [5.41, 5.74) is 13.0. The minimum Gasteiger partial charge on any atom is -0.455 e. The Morgan fingerprint density at radius 3 is 2.69 bits per heavy atom. The van der Waals surface area contributed by atoms with Gasteiger partial charge in [-0.05, 0) is 0 Å². The van der Waals surface area contributed by atoms with Crippen LogP contribution in [0.4, 0.5) is 0 Å². The summed E-state index contributed by atoms with van der Waals surface area (Å²) in [6, 6.07) is -1.15. The molecule has 0 heterocycles. The number of nitrogens with zero attached hydrogens (tertiary/aromatic N) is 2. The van der Waals surface area contributed by atoms with Gasteiger partial charge in [-0.25, -0.2) is 9.59 Å². The Labute approximate surface area is 73.0 Å². The van der Waals surface area contributed by atoms with Gasteiger partial charge < -0.3 is 20.8 Å². The van der Waals surface area contributed by atoms with Crippen molar-refractivity contribution in [3.8, 4) is 0 Å². The van der Waals surface area contributed by atoms with Gasteiger partial charge in [-0.1, -0.05) is 0 Å². The first kappa shape index (κ1) is 11.2. The molecule has 13 heavy (non-hydrogen) atoms. The van der Waals surface area contributed by atoms with Crippen LogP contribution in [0, 0.1) is 0 Å². The number of carbonyl (C=O) groups excluding carboxylic acids is 2. The monoisotopic (exact) mass is 188 g/mol. The van der Waals surface area contributed by atoms with E-state index in [1.54, 1.807) is 0 Å². The molecule has 0 aromatic heterocycles. The summed E-state index contributed by atoms with van der Waals surface area (Å²) in [4.78, 5) is 27.2. The third-order valence-electron chi connectivity index (χ3n) is 0.987. The van der Waals surface area contributed by atoms with Crippen LogP contribution in [0.3, 0.4) is 0 Å². The first-order valence-corrected chi connectivity index (χ1v) is 3.12. The van der Waals surface area contributed by atoms with Gasteiger partial charge in [-0.3, -0.25) is 0 Å². The molecule has 0 aliphatic heterocycles. The molecule has 0 aromatic rings. The lowest BCUT2D eigenvalue weighted by atomic mass is 10.3. The van der Waals surface area contributed by atoms with Crippen LogP contribution in [0.25, 0.3) is 5.53 Å². The number of esters is 1. The maximum Gasteiger partial charge on any atom is 0.413 e. The van der Waals surface area contributed by atoms with Crippen molar-refractivity contribution < 1.29 is 24.0 Å². The number of hydrogen-bond donors (Lipinski definition) is 2. The van der Waals surface area contributed by atoms with Gasteiger partial charge in [-0.15, -0.1) is 0 Å². The van der Waals surface area contributed by atoms with E-state index in [0.29, 0.717) is 6.21 Å². The Morgan fingerprint density at radius 1 is 1.62 bits per heavy atom. The summed E-state index contributed by atoms with van der Waals surface area (Å²) in [6.07, 6.45) is 0.514. The fourth-order valence-corrected chi connectivity index (χ4v) is 0.412. The van der Waals surface area contributed by atoms with Gasteiger partial charge in [0.1, 0.15) is 12.6 Å². The van der Waals surface area contributed by atoms with Crippen LogP contribution in [-0.4, -0.2) is 35.6 Å². The van der Waals surface area contributed by atoms with E-state index >= 15 is 0 Å². The quantitative estimate of drug-likeness (QED) is 0.165. The first-order chi connectivity index (χ1) is 6.11. The molecule has 0 spiro atoms. The standard InChI is InChI=1S/C5H8N4O4/c6-3(5(11)13-8)2-12-4(10)1-9-7/h1,3H,2,6,8H2/t3-/m0/s1. The molecule has 4 N–H and O–H groups in total. The van der Waals surface area contributed by atoms with Crippen molar-refractivity contribution in [1.29, 1.82) is 0 Å². The van der Waals surface area contributed by atoms with E-state index in [2.05, 4.69) is 20.3 Å². The minimum absolute atomic E-state index is 0.402. The Kier molecular flexibility index (Phi) is 5.05. The van der Waals surface area contributed by atoms with Crippen molar-refractivity contribution in [2.75, 3.05) is 6.61 Å². The van der Waals surface area contributed by atoms with E-state index in [4.69, 9.17) is 11.3 Å². The molecule has 8 nitrogen and oxygen atoms in total. The zero-order valence-corrected chi connectivity index (χ0v) is 6.54. The van der Waals surface area contributed by atoms with Crippen LogP contribution in [0.2, 0.25) is 0 Å². The summed E-state index contributed by atoms with van der Waals surface area (Å²) in [5.74, 6) is 2.67. The fraction of sp³-hybridized carbons (Fsp3) is 0.400. The molecule has 72 valence electrons. The second kappa shape index (κ2) is 5.84. The van der Waals surface area contributed by atoms with Crippen LogP contribution < -0.4 is 11.6 Å². The van der Waals surface area contributed by atoms with Crippen LogP contribution in [0.15, 0.2) is 0 Å². The lowest BCUT2D eigenvalue weighted by Crippen LogP contribution is -2.38. The average molecular weight is 188 g/mol. The maximum absolute atomic E-state index is 10.5. The average Bonchev–Trinajstić information content (AvgIpc) is 2.13. The molecule has 8 heteroatoms. The smallest absolute Gasteiger partial charge is 0.413 e. The predicted molar refractivity (Wildman–Crippen MR) is 38.9 cm³/mol. The van der Waals surface area contributed by atoms with Crippen molar-refractivity contribution in [2.45, 2.75) is 6.04 Å². The molecule has 0 aliphatic carbocycles. The molecule has 0 radical (unpaired) electrons. The molecule has 0 bridgehead atoms. The van der Waals surface area contributed by atoms with E-state index in [0.717, 1.165) is 0 Å². The van der Waals surface area contributed by atoms with Gasteiger partial charge in [0.05, 0.1) is 0 Å². The first-order valence-electron chi connectivity index (χ1n) is 3.12.